The lowest BCUT2D eigenvalue weighted by atomic mass is 9.89. The Kier molecular flexibility index (Phi) is 8.33. The summed E-state index contributed by atoms with van der Waals surface area (Å²) in [6, 6.07) is 0.834. The second kappa shape index (κ2) is 10.2. The number of carbonyl (C=O) groups is 1. The van der Waals surface area contributed by atoms with Gasteiger partial charge in [-0.3, -0.25) is 4.90 Å². The summed E-state index contributed by atoms with van der Waals surface area (Å²) >= 11 is 0. The monoisotopic (exact) mass is 339 g/mol. The van der Waals surface area contributed by atoms with Crippen molar-refractivity contribution in [2.75, 3.05) is 13.1 Å². The topological polar surface area (TPSA) is 64.6 Å². The summed E-state index contributed by atoms with van der Waals surface area (Å²) in [5.74, 6) is 0. The molecule has 1 aliphatic heterocycles. The molecular weight excluding hydrogens is 302 g/mol. The Labute approximate surface area is 147 Å². The molecule has 0 aromatic rings. The maximum Gasteiger partial charge on any atom is 0.315 e. The van der Waals surface area contributed by atoms with E-state index in [-0.39, 0.29) is 24.2 Å². The van der Waals surface area contributed by atoms with Crippen LogP contribution in [-0.2, 0) is 0 Å². The molecule has 1 aliphatic carbocycles. The number of nitrogens with one attached hydrogen (secondary N) is 2. The predicted molar refractivity (Wildman–Crippen MR) is 98.1 cm³/mol. The Morgan fingerprint density at radius 3 is 2.54 bits per heavy atom. The van der Waals surface area contributed by atoms with Crippen LogP contribution in [-0.4, -0.2) is 53.4 Å². The third-order valence-corrected chi connectivity index (χ3v) is 5.65. The molecule has 0 aromatic heterocycles. The van der Waals surface area contributed by atoms with Crippen molar-refractivity contribution in [3.63, 3.8) is 0 Å². The Morgan fingerprint density at radius 1 is 1.17 bits per heavy atom. The summed E-state index contributed by atoms with van der Waals surface area (Å²) in [4.78, 5) is 14.6. The zero-order valence-electron chi connectivity index (χ0n) is 15.6. The van der Waals surface area contributed by atoms with Crippen molar-refractivity contribution in [3.05, 3.63) is 0 Å². The van der Waals surface area contributed by atoms with Gasteiger partial charge in [0.1, 0.15) is 0 Å². The van der Waals surface area contributed by atoms with Crippen LogP contribution in [0.25, 0.3) is 0 Å². The summed E-state index contributed by atoms with van der Waals surface area (Å²) in [7, 11) is 0. The van der Waals surface area contributed by atoms with E-state index < -0.39 is 0 Å². The lowest BCUT2D eigenvalue weighted by Crippen LogP contribution is -2.53. The highest BCUT2D eigenvalue weighted by Crippen LogP contribution is 2.25. The fourth-order valence-corrected chi connectivity index (χ4v) is 4.12. The number of hydrogen-bond donors (Lipinski definition) is 3. The Bertz CT molecular complexity index is 370. The van der Waals surface area contributed by atoms with E-state index >= 15 is 0 Å². The third-order valence-electron chi connectivity index (χ3n) is 5.65. The number of aliphatic hydroxyl groups excluding tert-OH is 1. The average Bonchev–Trinajstić information content (AvgIpc) is 2.56. The van der Waals surface area contributed by atoms with Gasteiger partial charge in [-0.15, -0.1) is 0 Å². The second-order valence-electron chi connectivity index (χ2n) is 7.74. The third kappa shape index (κ3) is 6.25. The molecule has 3 N–H and O–H groups in total. The lowest BCUT2D eigenvalue weighted by Gasteiger charge is -2.41. The molecule has 0 bridgehead atoms. The normalized spacial score (nSPS) is 27.6. The lowest BCUT2D eigenvalue weighted by molar-refractivity contribution is 0.00775. The number of piperidine rings is 1. The van der Waals surface area contributed by atoms with E-state index in [1.54, 1.807) is 0 Å². The van der Waals surface area contributed by atoms with Crippen molar-refractivity contribution >= 4 is 6.03 Å². The van der Waals surface area contributed by atoms with E-state index in [1.165, 1.54) is 25.7 Å². The smallest absolute Gasteiger partial charge is 0.315 e. The van der Waals surface area contributed by atoms with Crippen molar-refractivity contribution in [1.29, 1.82) is 0 Å². The summed E-state index contributed by atoms with van der Waals surface area (Å²) in [6.45, 7) is 6.25. The van der Waals surface area contributed by atoms with Crippen molar-refractivity contribution in [3.8, 4) is 0 Å². The molecule has 5 heteroatoms. The molecule has 1 saturated heterocycles. The van der Waals surface area contributed by atoms with Gasteiger partial charge in [0.15, 0.2) is 0 Å². The van der Waals surface area contributed by atoms with Crippen LogP contribution in [0.15, 0.2) is 0 Å². The van der Waals surface area contributed by atoms with Crippen LogP contribution in [0.5, 0.6) is 0 Å². The van der Waals surface area contributed by atoms with Crippen molar-refractivity contribution < 1.29 is 9.90 Å². The van der Waals surface area contributed by atoms with Crippen molar-refractivity contribution in [1.82, 2.24) is 15.5 Å². The van der Waals surface area contributed by atoms with Gasteiger partial charge in [-0.2, -0.15) is 0 Å². The fourth-order valence-electron chi connectivity index (χ4n) is 4.12. The molecule has 2 aliphatic rings. The number of amides is 2. The summed E-state index contributed by atoms with van der Waals surface area (Å²) in [5, 5.41) is 16.4. The van der Waals surface area contributed by atoms with Crippen molar-refractivity contribution in [2.24, 2.45) is 0 Å². The average molecular weight is 340 g/mol. The molecule has 3 atom stereocenters. The highest BCUT2D eigenvalue weighted by molar-refractivity contribution is 5.74. The van der Waals surface area contributed by atoms with Crippen molar-refractivity contribution in [2.45, 2.75) is 102 Å². The van der Waals surface area contributed by atoms with E-state index in [2.05, 4.69) is 29.4 Å². The molecule has 2 amide bonds. The predicted octanol–water partition coefficient (Wildman–Crippen LogP) is 3.02. The number of nitrogens with zero attached hydrogens (tertiary/aromatic N) is 1. The van der Waals surface area contributed by atoms with Gasteiger partial charge >= 0.3 is 6.03 Å². The molecule has 0 aromatic carbocycles. The summed E-state index contributed by atoms with van der Waals surface area (Å²) in [5.41, 5.74) is 0. The van der Waals surface area contributed by atoms with Gasteiger partial charge in [0, 0.05) is 31.2 Å². The van der Waals surface area contributed by atoms with Gasteiger partial charge in [-0.25, -0.2) is 4.79 Å². The highest BCUT2D eigenvalue weighted by Gasteiger charge is 2.31. The Hall–Kier alpha value is -0.810. The second-order valence-corrected chi connectivity index (χ2v) is 7.74. The van der Waals surface area contributed by atoms with Gasteiger partial charge in [0.2, 0.25) is 0 Å². The molecule has 5 nitrogen and oxygen atoms in total. The Morgan fingerprint density at radius 2 is 1.88 bits per heavy atom. The quantitative estimate of drug-likeness (QED) is 0.625. The Balaban J connectivity index is 1.64. The first-order valence-corrected chi connectivity index (χ1v) is 10.1. The number of unbranched alkanes of at least 4 members (excludes halogenated alkanes) is 2. The van der Waals surface area contributed by atoms with Gasteiger partial charge in [-0.05, 0) is 39.0 Å². The van der Waals surface area contributed by atoms with Gasteiger partial charge < -0.3 is 15.7 Å². The molecule has 140 valence electrons. The van der Waals surface area contributed by atoms with Gasteiger partial charge in [0.25, 0.3) is 0 Å². The number of likely N-dealkylation sites (tertiary alicyclic amines) is 1. The van der Waals surface area contributed by atoms with E-state index in [0.717, 1.165) is 51.6 Å². The summed E-state index contributed by atoms with van der Waals surface area (Å²) < 4.78 is 0. The van der Waals surface area contributed by atoms with Crippen LogP contribution in [0.2, 0.25) is 0 Å². The number of hydrogen-bond acceptors (Lipinski definition) is 3. The van der Waals surface area contributed by atoms with E-state index in [0.29, 0.717) is 6.04 Å². The molecule has 2 rings (SSSR count). The number of carbonyl (C=O) groups excluding carboxylic acids is 1. The first-order valence-electron chi connectivity index (χ1n) is 10.1. The van der Waals surface area contributed by atoms with Crippen LogP contribution >= 0.6 is 0 Å². The number of rotatable bonds is 7. The van der Waals surface area contributed by atoms with Crippen LogP contribution in [0.1, 0.15) is 78.1 Å². The fraction of sp³-hybridized carbons (Fsp3) is 0.947. The highest BCUT2D eigenvalue weighted by atomic mass is 16.3. The number of urea groups is 1. The zero-order valence-corrected chi connectivity index (χ0v) is 15.6. The molecule has 24 heavy (non-hydrogen) atoms. The minimum absolute atomic E-state index is 0.0184. The van der Waals surface area contributed by atoms with Crippen LogP contribution in [0.4, 0.5) is 4.79 Å². The summed E-state index contributed by atoms with van der Waals surface area (Å²) in [6.07, 6.45) is 11.0. The largest absolute Gasteiger partial charge is 0.391 e. The first kappa shape index (κ1) is 19.5. The van der Waals surface area contributed by atoms with Crippen LogP contribution in [0.3, 0.4) is 0 Å². The minimum atomic E-state index is -0.157. The number of aliphatic hydroxyl groups is 1. The maximum absolute atomic E-state index is 12.1. The maximum atomic E-state index is 12.1. The van der Waals surface area contributed by atoms with Crippen LogP contribution in [0, 0.1) is 0 Å². The molecule has 1 saturated carbocycles. The van der Waals surface area contributed by atoms with E-state index in [1.807, 2.05) is 0 Å². The minimum Gasteiger partial charge on any atom is -0.391 e. The van der Waals surface area contributed by atoms with Crippen LogP contribution < -0.4 is 10.6 Å². The molecule has 3 unspecified atom stereocenters. The molecule has 0 spiro atoms. The van der Waals surface area contributed by atoms with Gasteiger partial charge in [-0.1, -0.05) is 39.0 Å². The van der Waals surface area contributed by atoms with Gasteiger partial charge in [0.05, 0.1) is 6.10 Å². The van der Waals surface area contributed by atoms with E-state index in [9.17, 15) is 9.90 Å². The van der Waals surface area contributed by atoms with E-state index in [4.69, 9.17) is 0 Å². The molecule has 0 radical (unpaired) electrons. The molecule has 2 fully saturated rings. The standard InChI is InChI=1S/C19H37N3O2/c1-3-4-5-8-15(2)20-19(24)21-16-11-13-22(14-12-16)17-9-6-7-10-18(17)23/h15-18,23H,3-14H2,1-2H3,(H2,20,21,24). The molecule has 1 heterocycles. The zero-order chi connectivity index (χ0) is 17.4. The SMILES string of the molecule is CCCCCC(C)NC(=O)NC1CCN(C2CCCCC2O)CC1. The first-order chi connectivity index (χ1) is 11.6. The molecular formula is C19H37N3O2.